The van der Waals surface area contributed by atoms with E-state index in [1.54, 1.807) is 6.92 Å². The zero-order valence-electron chi connectivity index (χ0n) is 24.3. The van der Waals surface area contributed by atoms with Crippen molar-refractivity contribution < 1.29 is 9.53 Å². The number of rotatable bonds is 17. The number of aliphatic imine (C=N–C) groups is 1. The summed E-state index contributed by atoms with van der Waals surface area (Å²) in [7, 11) is 0. The molecule has 2 aliphatic rings. The van der Waals surface area contributed by atoms with Gasteiger partial charge >= 0.3 is 0 Å². The molecule has 4 rings (SSSR count). The van der Waals surface area contributed by atoms with E-state index in [1.807, 2.05) is 53.6 Å². The fourth-order valence-corrected chi connectivity index (χ4v) is 5.07. The number of benzene rings is 2. The highest BCUT2D eigenvalue weighted by Crippen LogP contribution is 2.24. The van der Waals surface area contributed by atoms with Crippen molar-refractivity contribution in [1.29, 1.82) is 0 Å². The minimum atomic E-state index is 0.0166. The molecule has 0 unspecified atom stereocenters. The molecule has 0 atom stereocenters. The van der Waals surface area contributed by atoms with E-state index < -0.39 is 0 Å². The molecule has 2 aliphatic heterocycles. The number of carbonyl (C=O) groups is 1. The lowest BCUT2D eigenvalue weighted by Gasteiger charge is -2.22. The topological polar surface area (TPSA) is 45.1 Å². The van der Waals surface area contributed by atoms with E-state index in [4.69, 9.17) is 4.74 Å². The smallest absolute Gasteiger partial charge is 0.247 e. The van der Waals surface area contributed by atoms with E-state index in [2.05, 4.69) is 47.3 Å². The monoisotopic (exact) mass is 538 g/mol. The Morgan fingerprint density at radius 1 is 0.850 bits per heavy atom. The zero-order chi connectivity index (χ0) is 28.0. The van der Waals surface area contributed by atoms with Crippen molar-refractivity contribution in [3.8, 4) is 5.75 Å². The molecule has 0 saturated carbocycles. The number of amidine groups is 1. The lowest BCUT2D eigenvalue weighted by Crippen LogP contribution is -2.27. The highest BCUT2D eigenvalue weighted by molar-refractivity contribution is 5.92. The van der Waals surface area contributed by atoms with Gasteiger partial charge in [0.05, 0.1) is 25.6 Å². The normalized spacial score (nSPS) is 13.5. The van der Waals surface area contributed by atoms with Gasteiger partial charge in [-0.05, 0) is 54.0 Å². The SMILES string of the molecule is CCCCCCCCCCCCOc1ccc(CN(C(C)=O)c2ccc(CC3=N[C+]=C4C=CC=CN43)cc2)cc1. The maximum Gasteiger partial charge on any atom is 0.247 e. The fraction of sp³-hybridized carbons (Fsp3) is 0.429. The average Bonchev–Trinajstić information content (AvgIpc) is 3.38. The fourth-order valence-electron chi connectivity index (χ4n) is 5.07. The number of hydrogen-bond donors (Lipinski definition) is 0. The predicted octanol–water partition coefficient (Wildman–Crippen LogP) is 8.52. The minimum absolute atomic E-state index is 0.0166. The Balaban J connectivity index is 1.18. The van der Waals surface area contributed by atoms with Gasteiger partial charge in [-0.1, -0.05) is 94.0 Å². The van der Waals surface area contributed by atoms with Crippen molar-refractivity contribution in [2.24, 2.45) is 4.99 Å². The number of carbonyl (C=O) groups excluding carboxylic acids is 1. The predicted molar refractivity (Wildman–Crippen MR) is 165 cm³/mol. The summed E-state index contributed by atoms with van der Waals surface area (Å²) in [6.45, 7) is 5.16. The van der Waals surface area contributed by atoms with Crippen LogP contribution in [0.25, 0.3) is 0 Å². The number of allylic oxidation sites excluding steroid dienone is 3. The Morgan fingerprint density at radius 2 is 1.50 bits per heavy atom. The van der Waals surface area contributed by atoms with Crippen LogP contribution in [-0.2, 0) is 17.8 Å². The molecule has 2 heterocycles. The molecule has 5 nitrogen and oxygen atoms in total. The number of amides is 1. The summed E-state index contributed by atoms with van der Waals surface area (Å²) in [5.41, 5.74) is 4.06. The Bertz CT molecular complexity index is 1190. The lowest BCUT2D eigenvalue weighted by molar-refractivity contribution is -0.116. The molecule has 40 heavy (non-hydrogen) atoms. The van der Waals surface area contributed by atoms with Gasteiger partial charge in [0, 0.05) is 18.8 Å². The van der Waals surface area contributed by atoms with Gasteiger partial charge in [-0.3, -0.25) is 4.79 Å². The van der Waals surface area contributed by atoms with Crippen molar-refractivity contribution in [2.45, 2.75) is 91.0 Å². The third-order valence-corrected chi connectivity index (χ3v) is 7.46. The molecule has 210 valence electrons. The van der Waals surface area contributed by atoms with Gasteiger partial charge in [0.1, 0.15) is 5.75 Å². The Hall–Kier alpha value is -3.69. The summed E-state index contributed by atoms with van der Waals surface area (Å²) >= 11 is 0. The van der Waals surface area contributed by atoms with E-state index >= 15 is 0 Å². The molecule has 0 spiro atoms. The first-order valence-corrected chi connectivity index (χ1v) is 15.1. The maximum atomic E-state index is 12.5. The van der Waals surface area contributed by atoms with Crippen molar-refractivity contribution in [3.05, 3.63) is 96.0 Å². The number of anilines is 1. The molecular formula is C35H44N3O2+. The van der Waals surface area contributed by atoms with Crippen LogP contribution in [0.4, 0.5) is 5.69 Å². The zero-order valence-corrected chi connectivity index (χ0v) is 24.3. The second-order valence-electron chi connectivity index (χ2n) is 10.7. The first-order valence-electron chi connectivity index (χ1n) is 15.1. The Labute approximate surface area is 240 Å². The third-order valence-electron chi connectivity index (χ3n) is 7.46. The molecule has 0 N–H and O–H groups in total. The molecule has 0 aliphatic carbocycles. The number of ether oxygens (including phenoxy) is 1. The van der Waals surface area contributed by atoms with Gasteiger partial charge in [-0.2, -0.15) is 0 Å². The molecule has 1 amide bonds. The van der Waals surface area contributed by atoms with Crippen LogP contribution in [0.2, 0.25) is 0 Å². The van der Waals surface area contributed by atoms with Crippen LogP contribution < -0.4 is 9.64 Å². The van der Waals surface area contributed by atoms with Gasteiger partial charge in [0.15, 0.2) is 6.20 Å². The first-order chi connectivity index (χ1) is 19.6. The maximum absolute atomic E-state index is 12.5. The average molecular weight is 539 g/mol. The van der Waals surface area contributed by atoms with Crippen molar-refractivity contribution >= 4 is 17.4 Å². The van der Waals surface area contributed by atoms with Crippen LogP contribution in [0.3, 0.4) is 0 Å². The van der Waals surface area contributed by atoms with E-state index in [1.165, 1.54) is 57.8 Å². The third kappa shape index (κ3) is 8.93. The van der Waals surface area contributed by atoms with Gasteiger partial charge in [0.25, 0.3) is 0 Å². The molecule has 0 aromatic heterocycles. The number of nitrogens with zero attached hydrogens (tertiary/aromatic N) is 3. The summed E-state index contributed by atoms with van der Waals surface area (Å²) in [5.74, 6) is 1.85. The summed E-state index contributed by atoms with van der Waals surface area (Å²) in [4.78, 5) is 20.8. The second kappa shape index (κ2) is 15.8. The highest BCUT2D eigenvalue weighted by Gasteiger charge is 2.28. The lowest BCUT2D eigenvalue weighted by atomic mass is 10.1. The van der Waals surface area contributed by atoms with Crippen molar-refractivity contribution in [3.63, 3.8) is 0 Å². The molecule has 0 radical (unpaired) electrons. The first kappa shape index (κ1) is 29.3. The van der Waals surface area contributed by atoms with E-state index in [0.29, 0.717) is 13.0 Å². The van der Waals surface area contributed by atoms with Gasteiger partial charge in [0.2, 0.25) is 17.4 Å². The molecular weight excluding hydrogens is 494 g/mol. The summed E-state index contributed by atoms with van der Waals surface area (Å²) in [6.07, 6.45) is 25.0. The molecule has 0 bridgehead atoms. The van der Waals surface area contributed by atoms with Crippen molar-refractivity contribution in [1.82, 2.24) is 4.90 Å². The molecule has 0 saturated heterocycles. The quantitative estimate of drug-likeness (QED) is 0.150. The Morgan fingerprint density at radius 3 is 2.17 bits per heavy atom. The molecule has 5 heteroatoms. The molecule has 0 fully saturated rings. The summed E-state index contributed by atoms with van der Waals surface area (Å²) in [6, 6.07) is 16.3. The van der Waals surface area contributed by atoms with E-state index in [-0.39, 0.29) is 5.91 Å². The molecule has 2 aromatic rings. The van der Waals surface area contributed by atoms with Crippen LogP contribution in [0.1, 0.15) is 89.2 Å². The van der Waals surface area contributed by atoms with Gasteiger partial charge < -0.3 is 9.64 Å². The van der Waals surface area contributed by atoms with Crippen LogP contribution in [0.5, 0.6) is 5.75 Å². The molecule has 2 aromatic carbocycles. The largest absolute Gasteiger partial charge is 0.494 e. The minimum Gasteiger partial charge on any atom is -0.494 e. The van der Waals surface area contributed by atoms with Gasteiger partial charge in [-0.15, -0.1) is 0 Å². The van der Waals surface area contributed by atoms with Crippen LogP contribution in [0.15, 0.2) is 83.6 Å². The van der Waals surface area contributed by atoms with Crippen molar-refractivity contribution in [2.75, 3.05) is 11.5 Å². The second-order valence-corrected chi connectivity index (χ2v) is 10.7. The number of unbranched alkanes of at least 4 members (excludes halogenated alkanes) is 9. The van der Waals surface area contributed by atoms with Gasteiger partial charge in [-0.25, -0.2) is 4.90 Å². The summed E-state index contributed by atoms with van der Waals surface area (Å²) in [5, 5.41) is 0. The van der Waals surface area contributed by atoms with Crippen LogP contribution in [-0.4, -0.2) is 23.2 Å². The summed E-state index contributed by atoms with van der Waals surface area (Å²) < 4.78 is 5.96. The number of hydrogen-bond acceptors (Lipinski definition) is 4. The number of fused-ring (bicyclic) bond motifs is 1. The van der Waals surface area contributed by atoms with E-state index in [9.17, 15) is 4.79 Å². The standard InChI is InChI=1S/C35H44N3O2/c1-3-4-5-6-7-8-9-10-11-14-25-40-34-22-18-31(19-23-34)28-38(29(2)39)32-20-16-30(17-21-32)26-35-36-27-33-15-12-13-24-37(33)35/h12-13,15-24H,3-11,14,25-26,28H2,1-2H3/q+1. The van der Waals surface area contributed by atoms with E-state index in [0.717, 1.165) is 47.1 Å². The van der Waals surface area contributed by atoms with Crippen LogP contribution >= 0.6 is 0 Å². The van der Waals surface area contributed by atoms with Crippen LogP contribution in [0, 0.1) is 6.20 Å². The highest BCUT2D eigenvalue weighted by atomic mass is 16.5. The Kier molecular flexibility index (Phi) is 11.6.